The number of benzene rings is 1. The molecule has 1 aliphatic heterocycles. The number of aryl methyl sites for hydroxylation is 2. The molecule has 98 valence electrons. The summed E-state index contributed by atoms with van der Waals surface area (Å²) >= 11 is 0. The van der Waals surface area contributed by atoms with Crippen LogP contribution in [0.25, 0.3) is 0 Å². The largest absolute Gasteiger partial charge is 0.375 e. The zero-order valence-corrected chi connectivity index (χ0v) is 11.4. The molecule has 1 atom stereocenters. The molecular formula is C16H24N2. The Bertz CT molecular complexity index is 408. The summed E-state index contributed by atoms with van der Waals surface area (Å²) in [6, 6.07) is 7.05. The summed E-state index contributed by atoms with van der Waals surface area (Å²) in [5, 5.41) is 3.45. The number of anilines is 1. The first-order valence-corrected chi connectivity index (χ1v) is 7.36. The Hall–Kier alpha value is -1.02. The maximum atomic E-state index is 3.45. The van der Waals surface area contributed by atoms with Crippen LogP contribution in [0.1, 0.15) is 30.4 Å². The molecule has 1 heterocycles. The molecule has 1 N–H and O–H groups in total. The minimum atomic E-state index is 0.891. The zero-order valence-electron chi connectivity index (χ0n) is 11.4. The van der Waals surface area contributed by atoms with Gasteiger partial charge in [0.2, 0.25) is 0 Å². The van der Waals surface area contributed by atoms with E-state index in [0.717, 1.165) is 5.92 Å². The highest BCUT2D eigenvalue weighted by Gasteiger charge is 2.16. The van der Waals surface area contributed by atoms with Gasteiger partial charge in [0.05, 0.1) is 0 Å². The van der Waals surface area contributed by atoms with Gasteiger partial charge in [-0.05, 0) is 74.4 Å². The van der Waals surface area contributed by atoms with Gasteiger partial charge >= 0.3 is 0 Å². The minimum Gasteiger partial charge on any atom is -0.375 e. The summed E-state index contributed by atoms with van der Waals surface area (Å²) in [6.07, 6.45) is 6.59. The number of hydrogen-bond donors (Lipinski definition) is 1. The smallest absolute Gasteiger partial charge is 0.0366 e. The Morgan fingerprint density at radius 2 is 2.17 bits per heavy atom. The second kappa shape index (κ2) is 5.31. The van der Waals surface area contributed by atoms with Crippen LogP contribution in [-0.2, 0) is 12.8 Å². The normalized spacial score (nSPS) is 22.2. The Morgan fingerprint density at radius 3 is 3.00 bits per heavy atom. The lowest BCUT2D eigenvalue weighted by Gasteiger charge is -2.22. The SMILES string of the molecule is CN(CCC1CCNC1)c1ccc2c(c1)CCC2. The number of rotatable bonds is 4. The fourth-order valence-corrected chi connectivity index (χ4v) is 3.26. The maximum absolute atomic E-state index is 3.45. The Morgan fingerprint density at radius 1 is 1.28 bits per heavy atom. The van der Waals surface area contributed by atoms with E-state index in [1.807, 2.05) is 0 Å². The number of fused-ring (bicyclic) bond motifs is 1. The lowest BCUT2D eigenvalue weighted by Crippen LogP contribution is -2.22. The van der Waals surface area contributed by atoms with Crippen LogP contribution in [0.2, 0.25) is 0 Å². The molecule has 2 aliphatic rings. The molecule has 18 heavy (non-hydrogen) atoms. The fourth-order valence-electron chi connectivity index (χ4n) is 3.26. The lowest BCUT2D eigenvalue weighted by atomic mass is 10.0. The van der Waals surface area contributed by atoms with Crippen LogP contribution in [0.5, 0.6) is 0 Å². The van der Waals surface area contributed by atoms with Gasteiger partial charge in [-0.1, -0.05) is 6.07 Å². The maximum Gasteiger partial charge on any atom is 0.0366 e. The lowest BCUT2D eigenvalue weighted by molar-refractivity contribution is 0.533. The summed E-state index contributed by atoms with van der Waals surface area (Å²) in [6.45, 7) is 3.62. The van der Waals surface area contributed by atoms with E-state index in [0.29, 0.717) is 0 Å². The first-order chi connectivity index (χ1) is 8.83. The van der Waals surface area contributed by atoms with E-state index in [4.69, 9.17) is 0 Å². The zero-order chi connectivity index (χ0) is 12.4. The van der Waals surface area contributed by atoms with Crippen molar-refractivity contribution in [3.05, 3.63) is 29.3 Å². The molecule has 0 bridgehead atoms. The van der Waals surface area contributed by atoms with Crippen LogP contribution in [0.4, 0.5) is 5.69 Å². The molecule has 0 radical (unpaired) electrons. The highest BCUT2D eigenvalue weighted by atomic mass is 15.1. The van der Waals surface area contributed by atoms with Gasteiger partial charge in [0.1, 0.15) is 0 Å². The van der Waals surface area contributed by atoms with E-state index >= 15 is 0 Å². The summed E-state index contributed by atoms with van der Waals surface area (Å²) < 4.78 is 0. The molecule has 0 spiro atoms. The summed E-state index contributed by atoms with van der Waals surface area (Å²) in [4.78, 5) is 2.43. The fraction of sp³-hybridized carbons (Fsp3) is 0.625. The van der Waals surface area contributed by atoms with Crippen LogP contribution >= 0.6 is 0 Å². The van der Waals surface area contributed by atoms with Gasteiger partial charge in [0.25, 0.3) is 0 Å². The Labute approximate surface area is 110 Å². The number of nitrogens with zero attached hydrogens (tertiary/aromatic N) is 1. The van der Waals surface area contributed by atoms with Crippen LogP contribution in [-0.4, -0.2) is 26.7 Å². The first-order valence-electron chi connectivity index (χ1n) is 7.36. The van der Waals surface area contributed by atoms with E-state index in [2.05, 4.69) is 35.5 Å². The van der Waals surface area contributed by atoms with Gasteiger partial charge in [0.15, 0.2) is 0 Å². The Balaban J connectivity index is 1.59. The third-order valence-electron chi connectivity index (χ3n) is 4.56. The van der Waals surface area contributed by atoms with Crippen LogP contribution in [0, 0.1) is 5.92 Å². The van der Waals surface area contributed by atoms with Crippen LogP contribution < -0.4 is 10.2 Å². The van der Waals surface area contributed by atoms with Crippen molar-refractivity contribution in [3.63, 3.8) is 0 Å². The second-order valence-electron chi connectivity index (χ2n) is 5.88. The molecule has 0 saturated carbocycles. The summed E-state index contributed by atoms with van der Waals surface area (Å²) in [5.41, 5.74) is 4.57. The third kappa shape index (κ3) is 2.54. The van der Waals surface area contributed by atoms with Crippen molar-refractivity contribution in [1.29, 1.82) is 0 Å². The molecule has 0 aromatic heterocycles. The van der Waals surface area contributed by atoms with Crippen molar-refractivity contribution in [3.8, 4) is 0 Å². The van der Waals surface area contributed by atoms with Gasteiger partial charge in [-0.2, -0.15) is 0 Å². The van der Waals surface area contributed by atoms with Crippen molar-refractivity contribution in [2.24, 2.45) is 5.92 Å². The molecule has 1 unspecified atom stereocenters. The molecule has 1 aromatic carbocycles. The van der Waals surface area contributed by atoms with Crippen molar-refractivity contribution < 1.29 is 0 Å². The molecule has 1 saturated heterocycles. The standard InChI is InChI=1S/C16H24N2/c1-18(10-8-13-7-9-17-12-13)16-6-5-14-3-2-4-15(14)11-16/h5-6,11,13,17H,2-4,7-10,12H2,1H3. The monoisotopic (exact) mass is 244 g/mol. The Kier molecular flexibility index (Phi) is 3.55. The van der Waals surface area contributed by atoms with Crippen LogP contribution in [0.3, 0.4) is 0 Å². The van der Waals surface area contributed by atoms with Gasteiger partial charge in [-0.25, -0.2) is 0 Å². The third-order valence-corrected chi connectivity index (χ3v) is 4.56. The predicted octanol–water partition coefficient (Wildman–Crippen LogP) is 2.61. The molecule has 2 heteroatoms. The molecule has 3 rings (SSSR count). The second-order valence-corrected chi connectivity index (χ2v) is 5.88. The number of nitrogens with one attached hydrogen (secondary N) is 1. The van der Waals surface area contributed by atoms with Crippen molar-refractivity contribution in [2.45, 2.75) is 32.1 Å². The molecule has 1 aliphatic carbocycles. The topological polar surface area (TPSA) is 15.3 Å². The van der Waals surface area contributed by atoms with Gasteiger partial charge < -0.3 is 10.2 Å². The molecule has 0 amide bonds. The predicted molar refractivity (Wildman–Crippen MR) is 77.3 cm³/mol. The van der Waals surface area contributed by atoms with Crippen molar-refractivity contribution >= 4 is 5.69 Å². The van der Waals surface area contributed by atoms with Gasteiger partial charge in [0, 0.05) is 19.3 Å². The van der Waals surface area contributed by atoms with E-state index < -0.39 is 0 Å². The average molecular weight is 244 g/mol. The molecular weight excluding hydrogens is 220 g/mol. The minimum absolute atomic E-state index is 0.891. The van der Waals surface area contributed by atoms with E-state index in [-0.39, 0.29) is 0 Å². The van der Waals surface area contributed by atoms with E-state index in [9.17, 15) is 0 Å². The van der Waals surface area contributed by atoms with Crippen molar-refractivity contribution in [1.82, 2.24) is 5.32 Å². The van der Waals surface area contributed by atoms with Gasteiger partial charge in [-0.3, -0.25) is 0 Å². The van der Waals surface area contributed by atoms with Gasteiger partial charge in [-0.15, -0.1) is 0 Å². The highest BCUT2D eigenvalue weighted by molar-refractivity contribution is 5.51. The molecule has 2 nitrogen and oxygen atoms in total. The van der Waals surface area contributed by atoms with E-state index in [1.165, 1.54) is 57.4 Å². The average Bonchev–Trinajstić information content (AvgIpc) is 3.05. The van der Waals surface area contributed by atoms with E-state index in [1.54, 1.807) is 11.1 Å². The van der Waals surface area contributed by atoms with Crippen LogP contribution in [0.15, 0.2) is 18.2 Å². The summed E-state index contributed by atoms with van der Waals surface area (Å²) in [5.74, 6) is 0.891. The number of hydrogen-bond acceptors (Lipinski definition) is 2. The first kappa shape index (κ1) is 12.0. The molecule has 1 aromatic rings. The molecule has 1 fully saturated rings. The quantitative estimate of drug-likeness (QED) is 0.876. The highest BCUT2D eigenvalue weighted by Crippen LogP contribution is 2.26. The van der Waals surface area contributed by atoms with Crippen molar-refractivity contribution in [2.75, 3.05) is 31.6 Å². The summed E-state index contributed by atoms with van der Waals surface area (Å²) in [7, 11) is 2.24.